The van der Waals surface area contributed by atoms with E-state index in [1.54, 1.807) is 7.11 Å². The van der Waals surface area contributed by atoms with Crippen LogP contribution in [0.1, 0.15) is 45.4 Å². The molecule has 3 rings (SSSR count). The molecule has 6 heteroatoms. The Bertz CT molecular complexity index is 723. The average Bonchev–Trinajstić information content (AvgIpc) is 2.80. The summed E-state index contributed by atoms with van der Waals surface area (Å²) in [6, 6.07) is 8.42. The molecule has 0 saturated heterocycles. The Morgan fingerprint density at radius 3 is 2.77 bits per heavy atom. The minimum atomic E-state index is -0.170. The van der Waals surface area contributed by atoms with E-state index in [2.05, 4.69) is 16.0 Å². The Kier molecular flexibility index (Phi) is 6.97. The van der Waals surface area contributed by atoms with Crippen molar-refractivity contribution in [2.75, 3.05) is 13.7 Å². The molecule has 0 aliphatic heterocycles. The van der Waals surface area contributed by atoms with Crippen LogP contribution in [-0.4, -0.2) is 40.5 Å². The van der Waals surface area contributed by atoms with Crippen LogP contribution in [0.25, 0.3) is 11.0 Å². The second kappa shape index (κ2) is 9.42. The lowest BCUT2D eigenvalue weighted by Crippen LogP contribution is -2.39. The number of amides is 1. The molecule has 1 N–H and O–H groups in total. The third-order valence-electron chi connectivity index (χ3n) is 4.99. The highest BCUT2D eigenvalue weighted by molar-refractivity contribution is 8.00. The van der Waals surface area contributed by atoms with Crippen LogP contribution in [0.2, 0.25) is 0 Å². The Morgan fingerprint density at radius 2 is 2.04 bits per heavy atom. The van der Waals surface area contributed by atoms with Crippen molar-refractivity contribution in [1.29, 1.82) is 0 Å². The lowest BCUT2D eigenvalue weighted by Gasteiger charge is -2.19. The number of nitrogens with zero attached hydrogens (tertiary/aromatic N) is 2. The van der Waals surface area contributed by atoms with Crippen LogP contribution in [0.4, 0.5) is 0 Å². The Hall–Kier alpha value is -1.53. The molecule has 1 heterocycles. The first-order valence-corrected chi connectivity index (χ1v) is 10.5. The van der Waals surface area contributed by atoms with Crippen molar-refractivity contribution in [1.82, 2.24) is 14.9 Å². The van der Waals surface area contributed by atoms with Crippen molar-refractivity contribution in [3.05, 3.63) is 24.3 Å². The summed E-state index contributed by atoms with van der Waals surface area (Å²) in [5.41, 5.74) is 2.05. The van der Waals surface area contributed by atoms with E-state index in [1.807, 2.05) is 25.1 Å². The Morgan fingerprint density at radius 1 is 1.31 bits per heavy atom. The number of hydrogen-bond acceptors (Lipinski definition) is 4. The van der Waals surface area contributed by atoms with Crippen molar-refractivity contribution >= 4 is 28.7 Å². The van der Waals surface area contributed by atoms with Crippen LogP contribution in [0.5, 0.6) is 0 Å². The fourth-order valence-corrected chi connectivity index (χ4v) is 4.46. The molecule has 1 atom stereocenters. The highest BCUT2D eigenvalue weighted by atomic mass is 32.2. The van der Waals surface area contributed by atoms with Gasteiger partial charge in [-0.05, 0) is 31.9 Å². The molecule has 142 valence electrons. The number of carbonyl (C=O) groups is 1. The van der Waals surface area contributed by atoms with Gasteiger partial charge < -0.3 is 14.6 Å². The minimum Gasteiger partial charge on any atom is -0.383 e. The normalized spacial score (nSPS) is 17.2. The monoisotopic (exact) mass is 375 g/mol. The summed E-state index contributed by atoms with van der Waals surface area (Å²) in [7, 11) is 1.70. The minimum absolute atomic E-state index is 0.118. The molecule has 1 aliphatic carbocycles. The highest BCUT2D eigenvalue weighted by Crippen LogP contribution is 2.28. The molecule has 0 radical (unpaired) electrons. The summed E-state index contributed by atoms with van der Waals surface area (Å²) in [5.74, 6) is 0.118. The molecule has 1 amide bonds. The Labute approximate surface area is 159 Å². The molecule has 1 aliphatic rings. The topological polar surface area (TPSA) is 56.1 Å². The van der Waals surface area contributed by atoms with Crippen LogP contribution in [0, 0.1) is 0 Å². The molecule has 1 saturated carbocycles. The maximum Gasteiger partial charge on any atom is 0.233 e. The second-order valence-corrected chi connectivity index (χ2v) is 8.29. The van der Waals surface area contributed by atoms with E-state index in [4.69, 9.17) is 9.72 Å². The van der Waals surface area contributed by atoms with Gasteiger partial charge in [0.05, 0.1) is 22.9 Å². The van der Waals surface area contributed by atoms with Crippen molar-refractivity contribution in [3.8, 4) is 0 Å². The fourth-order valence-electron chi connectivity index (χ4n) is 3.50. The first-order chi connectivity index (χ1) is 12.7. The number of imidazole rings is 1. The fraction of sp³-hybridized carbons (Fsp3) is 0.600. The van der Waals surface area contributed by atoms with Gasteiger partial charge in [0.2, 0.25) is 5.91 Å². The number of hydrogen-bond donors (Lipinski definition) is 1. The van der Waals surface area contributed by atoms with Crippen LogP contribution in [-0.2, 0) is 16.1 Å². The number of ether oxygens (including phenoxy) is 1. The van der Waals surface area contributed by atoms with Gasteiger partial charge in [0, 0.05) is 19.7 Å². The largest absolute Gasteiger partial charge is 0.383 e. The summed E-state index contributed by atoms with van der Waals surface area (Å²) >= 11 is 1.53. The summed E-state index contributed by atoms with van der Waals surface area (Å²) in [6.07, 6.45) is 7.24. The molecule has 2 aromatic rings. The average molecular weight is 376 g/mol. The van der Waals surface area contributed by atoms with Gasteiger partial charge in [-0.2, -0.15) is 0 Å². The van der Waals surface area contributed by atoms with Crippen molar-refractivity contribution in [2.24, 2.45) is 0 Å². The zero-order valence-electron chi connectivity index (χ0n) is 15.7. The number of rotatable bonds is 7. The van der Waals surface area contributed by atoms with E-state index in [9.17, 15) is 4.79 Å². The number of thioether (sulfide) groups is 1. The summed E-state index contributed by atoms with van der Waals surface area (Å²) < 4.78 is 7.40. The second-order valence-electron chi connectivity index (χ2n) is 6.98. The molecule has 1 aromatic heterocycles. The van der Waals surface area contributed by atoms with E-state index in [0.29, 0.717) is 12.6 Å². The molecule has 5 nitrogen and oxygen atoms in total. The van der Waals surface area contributed by atoms with Gasteiger partial charge in [-0.3, -0.25) is 4.79 Å². The Balaban J connectivity index is 1.69. The third kappa shape index (κ3) is 4.80. The molecular weight excluding hydrogens is 346 g/mol. The maximum atomic E-state index is 12.7. The van der Waals surface area contributed by atoms with Gasteiger partial charge in [-0.1, -0.05) is 49.6 Å². The SMILES string of the molecule is COCCn1c(SC(C)C(=O)NC2CCCCCC2)nc2ccccc21. The first kappa shape index (κ1) is 19.2. The highest BCUT2D eigenvalue weighted by Gasteiger charge is 2.22. The third-order valence-corrected chi connectivity index (χ3v) is 6.08. The summed E-state index contributed by atoms with van der Waals surface area (Å²) in [5, 5.41) is 3.97. The van der Waals surface area contributed by atoms with Gasteiger partial charge in [0.1, 0.15) is 0 Å². The molecule has 0 bridgehead atoms. The van der Waals surface area contributed by atoms with Gasteiger partial charge in [0.15, 0.2) is 5.16 Å². The molecule has 1 aromatic carbocycles. The quantitative estimate of drug-likeness (QED) is 0.587. The van der Waals surface area contributed by atoms with Gasteiger partial charge in [0.25, 0.3) is 0 Å². The number of fused-ring (bicyclic) bond motifs is 1. The van der Waals surface area contributed by atoms with Crippen LogP contribution >= 0.6 is 11.8 Å². The van der Waals surface area contributed by atoms with Crippen LogP contribution in [0.15, 0.2) is 29.4 Å². The predicted octanol–water partition coefficient (Wildman–Crippen LogP) is 4.00. The van der Waals surface area contributed by atoms with Crippen LogP contribution < -0.4 is 5.32 Å². The molecule has 26 heavy (non-hydrogen) atoms. The van der Waals surface area contributed by atoms with Crippen molar-refractivity contribution < 1.29 is 9.53 Å². The smallest absolute Gasteiger partial charge is 0.233 e. The zero-order valence-corrected chi connectivity index (χ0v) is 16.6. The lowest BCUT2D eigenvalue weighted by molar-refractivity contribution is -0.121. The van der Waals surface area contributed by atoms with Gasteiger partial charge in [-0.15, -0.1) is 0 Å². The van der Waals surface area contributed by atoms with E-state index in [-0.39, 0.29) is 11.2 Å². The number of carbonyl (C=O) groups excluding carboxylic acids is 1. The van der Waals surface area contributed by atoms with E-state index in [1.165, 1.54) is 37.4 Å². The maximum absolute atomic E-state index is 12.7. The number of para-hydroxylation sites is 2. The number of benzene rings is 1. The molecular formula is C20H29N3O2S. The molecule has 1 unspecified atom stereocenters. The van der Waals surface area contributed by atoms with Crippen LogP contribution in [0.3, 0.4) is 0 Å². The molecule has 0 spiro atoms. The van der Waals surface area contributed by atoms with Gasteiger partial charge >= 0.3 is 0 Å². The van der Waals surface area contributed by atoms with Crippen molar-refractivity contribution in [3.63, 3.8) is 0 Å². The van der Waals surface area contributed by atoms with Gasteiger partial charge in [-0.25, -0.2) is 4.98 Å². The number of methoxy groups -OCH3 is 1. The number of aromatic nitrogens is 2. The van der Waals surface area contributed by atoms with E-state index >= 15 is 0 Å². The summed E-state index contributed by atoms with van der Waals surface area (Å²) in [4.78, 5) is 17.4. The molecule has 1 fully saturated rings. The number of nitrogens with one attached hydrogen (secondary N) is 1. The zero-order chi connectivity index (χ0) is 18.4. The summed E-state index contributed by atoms with van der Waals surface area (Å²) in [6.45, 7) is 3.32. The van der Waals surface area contributed by atoms with E-state index in [0.717, 1.165) is 35.6 Å². The standard InChI is InChI=1S/C20H29N3O2S/c1-15(19(24)21-16-9-5-3-4-6-10-16)26-20-22-17-11-7-8-12-18(17)23(20)13-14-25-2/h7-8,11-12,15-16H,3-6,9-10,13-14H2,1-2H3,(H,21,24). The predicted molar refractivity (Wildman–Crippen MR) is 107 cm³/mol. The van der Waals surface area contributed by atoms with E-state index < -0.39 is 0 Å². The van der Waals surface area contributed by atoms with Crippen molar-refractivity contribution in [2.45, 2.75) is 68.4 Å². The lowest BCUT2D eigenvalue weighted by atomic mass is 10.1. The first-order valence-electron chi connectivity index (χ1n) is 9.60.